The predicted molar refractivity (Wildman–Crippen MR) is 92.7 cm³/mol. The van der Waals surface area contributed by atoms with E-state index >= 15 is 0 Å². The van der Waals surface area contributed by atoms with Gasteiger partial charge in [-0.3, -0.25) is 4.79 Å². The standard InChI is InChI=1S/C18H24N4O2/c19-10-16-9-15(13-24-16)18(23)21-12-14-5-6-17(20-11-14)22-7-3-1-2-4-8-22/h5-6,9,11,13H,1-4,7-8,10,12,19H2,(H,21,23). The van der Waals surface area contributed by atoms with Crippen LogP contribution in [-0.4, -0.2) is 24.0 Å². The minimum absolute atomic E-state index is 0.171. The van der Waals surface area contributed by atoms with Crippen LogP contribution in [0.2, 0.25) is 0 Å². The van der Waals surface area contributed by atoms with Gasteiger partial charge in [-0.15, -0.1) is 0 Å². The Labute approximate surface area is 142 Å². The first-order valence-corrected chi connectivity index (χ1v) is 8.52. The highest BCUT2D eigenvalue weighted by molar-refractivity contribution is 5.93. The molecule has 0 aliphatic carbocycles. The summed E-state index contributed by atoms with van der Waals surface area (Å²) in [7, 11) is 0. The molecule has 128 valence electrons. The molecule has 0 saturated carbocycles. The lowest BCUT2D eigenvalue weighted by molar-refractivity contribution is 0.0950. The normalized spacial score (nSPS) is 15.1. The van der Waals surface area contributed by atoms with Gasteiger partial charge in [0.25, 0.3) is 5.91 Å². The van der Waals surface area contributed by atoms with Gasteiger partial charge in [0.15, 0.2) is 0 Å². The number of hydrogen-bond acceptors (Lipinski definition) is 5. The van der Waals surface area contributed by atoms with Gasteiger partial charge in [0.05, 0.1) is 12.1 Å². The third-order valence-electron chi connectivity index (χ3n) is 4.31. The summed E-state index contributed by atoms with van der Waals surface area (Å²) < 4.78 is 5.18. The molecule has 1 aliphatic heterocycles. The van der Waals surface area contributed by atoms with E-state index in [1.807, 2.05) is 18.3 Å². The Hall–Kier alpha value is -2.34. The van der Waals surface area contributed by atoms with Crippen LogP contribution in [0.25, 0.3) is 0 Å². The van der Waals surface area contributed by atoms with Gasteiger partial charge in [-0.25, -0.2) is 4.98 Å². The number of carbonyl (C=O) groups is 1. The number of rotatable bonds is 5. The van der Waals surface area contributed by atoms with Gasteiger partial charge in [-0.2, -0.15) is 0 Å². The summed E-state index contributed by atoms with van der Waals surface area (Å²) in [6.07, 6.45) is 8.34. The molecule has 0 unspecified atom stereocenters. The molecule has 6 nitrogen and oxygen atoms in total. The van der Waals surface area contributed by atoms with E-state index in [1.165, 1.54) is 31.9 Å². The number of pyridine rings is 1. The highest BCUT2D eigenvalue weighted by Crippen LogP contribution is 2.17. The fourth-order valence-corrected chi connectivity index (χ4v) is 2.90. The number of hydrogen-bond donors (Lipinski definition) is 2. The lowest BCUT2D eigenvalue weighted by atomic mass is 10.2. The van der Waals surface area contributed by atoms with E-state index in [1.54, 1.807) is 6.07 Å². The molecule has 0 aromatic carbocycles. The summed E-state index contributed by atoms with van der Waals surface area (Å²) in [5.41, 5.74) is 6.94. The van der Waals surface area contributed by atoms with Gasteiger partial charge in [-0.05, 0) is 30.5 Å². The molecule has 24 heavy (non-hydrogen) atoms. The van der Waals surface area contributed by atoms with Crippen LogP contribution >= 0.6 is 0 Å². The quantitative estimate of drug-likeness (QED) is 0.880. The minimum Gasteiger partial charge on any atom is -0.467 e. The molecule has 0 spiro atoms. The van der Waals surface area contributed by atoms with Crippen molar-refractivity contribution in [1.82, 2.24) is 10.3 Å². The van der Waals surface area contributed by atoms with E-state index in [2.05, 4.69) is 15.2 Å². The third kappa shape index (κ3) is 4.14. The highest BCUT2D eigenvalue weighted by atomic mass is 16.3. The zero-order valence-corrected chi connectivity index (χ0v) is 13.8. The number of nitrogens with two attached hydrogens (primary N) is 1. The van der Waals surface area contributed by atoms with Crippen molar-refractivity contribution in [3.8, 4) is 0 Å². The van der Waals surface area contributed by atoms with Gasteiger partial charge < -0.3 is 20.4 Å². The lowest BCUT2D eigenvalue weighted by Gasteiger charge is -2.21. The van der Waals surface area contributed by atoms with Crippen molar-refractivity contribution >= 4 is 11.7 Å². The number of nitrogens with zero attached hydrogens (tertiary/aromatic N) is 2. The third-order valence-corrected chi connectivity index (χ3v) is 4.31. The summed E-state index contributed by atoms with van der Waals surface area (Å²) in [5.74, 6) is 1.45. The number of amides is 1. The summed E-state index contributed by atoms with van der Waals surface area (Å²) in [6.45, 7) is 2.88. The Bertz CT molecular complexity index is 658. The molecule has 3 heterocycles. The van der Waals surface area contributed by atoms with Crippen LogP contribution < -0.4 is 16.0 Å². The second-order valence-electron chi connectivity index (χ2n) is 6.11. The molecule has 2 aromatic rings. The van der Waals surface area contributed by atoms with Crippen molar-refractivity contribution in [2.75, 3.05) is 18.0 Å². The first-order chi connectivity index (χ1) is 11.8. The molecular formula is C18H24N4O2. The zero-order chi connectivity index (χ0) is 16.8. The van der Waals surface area contributed by atoms with Crippen molar-refractivity contribution in [1.29, 1.82) is 0 Å². The van der Waals surface area contributed by atoms with Crippen molar-refractivity contribution in [3.05, 3.63) is 47.5 Å². The average molecular weight is 328 g/mol. The number of anilines is 1. The fourth-order valence-electron chi connectivity index (χ4n) is 2.90. The highest BCUT2D eigenvalue weighted by Gasteiger charge is 2.12. The van der Waals surface area contributed by atoms with Crippen LogP contribution in [0.15, 0.2) is 35.1 Å². The minimum atomic E-state index is -0.171. The molecule has 1 amide bonds. The van der Waals surface area contributed by atoms with Crippen LogP contribution in [0.1, 0.15) is 47.4 Å². The van der Waals surface area contributed by atoms with Crippen molar-refractivity contribution in [2.24, 2.45) is 5.73 Å². The summed E-state index contributed by atoms with van der Waals surface area (Å²) in [5, 5.41) is 2.87. The van der Waals surface area contributed by atoms with Crippen LogP contribution in [0.4, 0.5) is 5.82 Å². The van der Waals surface area contributed by atoms with Gasteiger partial charge in [0.1, 0.15) is 17.8 Å². The molecule has 0 radical (unpaired) electrons. The number of aromatic nitrogens is 1. The largest absolute Gasteiger partial charge is 0.467 e. The Balaban J connectivity index is 1.54. The second kappa shape index (κ2) is 7.97. The van der Waals surface area contributed by atoms with Crippen LogP contribution in [0.3, 0.4) is 0 Å². The number of carbonyl (C=O) groups excluding carboxylic acids is 1. The lowest BCUT2D eigenvalue weighted by Crippen LogP contribution is -2.25. The Morgan fingerprint density at radius 2 is 2.04 bits per heavy atom. The molecule has 0 bridgehead atoms. The van der Waals surface area contributed by atoms with Gasteiger partial charge in [-0.1, -0.05) is 18.9 Å². The maximum Gasteiger partial charge on any atom is 0.254 e. The first-order valence-electron chi connectivity index (χ1n) is 8.52. The molecule has 1 saturated heterocycles. The molecular weight excluding hydrogens is 304 g/mol. The molecule has 3 rings (SSSR count). The SMILES string of the molecule is NCc1cc(C(=O)NCc2ccc(N3CCCCCC3)nc2)co1. The van der Waals surface area contributed by atoms with Gasteiger partial charge in [0, 0.05) is 25.8 Å². The summed E-state index contributed by atoms with van der Waals surface area (Å²) in [4.78, 5) is 19.0. The van der Waals surface area contributed by atoms with Crippen molar-refractivity contribution in [2.45, 2.75) is 38.8 Å². The second-order valence-corrected chi connectivity index (χ2v) is 6.11. The molecule has 0 atom stereocenters. The Morgan fingerprint density at radius 3 is 2.67 bits per heavy atom. The molecule has 6 heteroatoms. The maximum absolute atomic E-state index is 12.1. The van der Waals surface area contributed by atoms with E-state index in [0.29, 0.717) is 17.9 Å². The average Bonchev–Trinajstić information content (AvgIpc) is 2.95. The first kappa shape index (κ1) is 16.5. The zero-order valence-electron chi connectivity index (χ0n) is 13.8. The topological polar surface area (TPSA) is 84.4 Å². The fraction of sp³-hybridized carbons (Fsp3) is 0.444. The smallest absolute Gasteiger partial charge is 0.254 e. The van der Waals surface area contributed by atoms with E-state index in [-0.39, 0.29) is 12.5 Å². The van der Waals surface area contributed by atoms with Crippen LogP contribution in [0.5, 0.6) is 0 Å². The van der Waals surface area contributed by atoms with E-state index < -0.39 is 0 Å². The Kier molecular flexibility index (Phi) is 5.48. The van der Waals surface area contributed by atoms with Crippen molar-refractivity contribution < 1.29 is 9.21 Å². The molecule has 3 N–H and O–H groups in total. The van der Waals surface area contributed by atoms with Gasteiger partial charge in [0.2, 0.25) is 0 Å². The molecule has 1 fully saturated rings. The van der Waals surface area contributed by atoms with Gasteiger partial charge >= 0.3 is 0 Å². The van der Waals surface area contributed by atoms with Crippen LogP contribution in [0, 0.1) is 0 Å². The van der Waals surface area contributed by atoms with E-state index in [9.17, 15) is 4.79 Å². The van der Waals surface area contributed by atoms with E-state index in [4.69, 9.17) is 10.2 Å². The number of nitrogens with one attached hydrogen (secondary N) is 1. The molecule has 1 aliphatic rings. The predicted octanol–water partition coefficient (Wildman–Crippen LogP) is 2.44. The van der Waals surface area contributed by atoms with Crippen molar-refractivity contribution in [3.63, 3.8) is 0 Å². The monoisotopic (exact) mass is 328 g/mol. The Morgan fingerprint density at radius 1 is 1.25 bits per heavy atom. The van der Waals surface area contributed by atoms with Crippen LogP contribution in [-0.2, 0) is 13.1 Å². The molecule has 2 aromatic heterocycles. The summed E-state index contributed by atoms with van der Waals surface area (Å²) in [6, 6.07) is 5.72. The summed E-state index contributed by atoms with van der Waals surface area (Å²) >= 11 is 0. The maximum atomic E-state index is 12.1. The number of furan rings is 1. The van der Waals surface area contributed by atoms with E-state index in [0.717, 1.165) is 24.5 Å².